The quantitative estimate of drug-likeness (QED) is 0.717. The zero-order valence-electron chi connectivity index (χ0n) is 14.6. The standard InChI is InChI=1S/C19H20N4O3/c1-25-12-17-21-18(26-22-17)16-8-4-5-11-23(16)19(24)15-10-9-13-6-2-3-7-14(13)20-15/h2-3,6-7,9-10,16H,4-5,8,11-12H2,1H3/t16-/m1/s1. The Bertz CT molecular complexity index is 924. The van der Waals surface area contributed by atoms with E-state index in [1.54, 1.807) is 18.1 Å². The molecule has 0 bridgehead atoms. The molecule has 3 heterocycles. The second-order valence-electron chi connectivity index (χ2n) is 6.38. The highest BCUT2D eigenvalue weighted by Gasteiger charge is 2.33. The number of methoxy groups -OCH3 is 1. The van der Waals surface area contributed by atoms with Gasteiger partial charge >= 0.3 is 0 Å². The first-order chi connectivity index (χ1) is 12.8. The van der Waals surface area contributed by atoms with Gasteiger partial charge in [0, 0.05) is 19.0 Å². The first-order valence-electron chi connectivity index (χ1n) is 8.74. The van der Waals surface area contributed by atoms with Gasteiger partial charge in [0.05, 0.1) is 5.52 Å². The van der Waals surface area contributed by atoms with Crippen LogP contribution in [0.2, 0.25) is 0 Å². The summed E-state index contributed by atoms with van der Waals surface area (Å²) in [6, 6.07) is 11.3. The van der Waals surface area contributed by atoms with Gasteiger partial charge in [0.25, 0.3) is 5.91 Å². The molecule has 26 heavy (non-hydrogen) atoms. The number of ether oxygens (including phenoxy) is 1. The van der Waals surface area contributed by atoms with Gasteiger partial charge in [-0.3, -0.25) is 4.79 Å². The number of carbonyl (C=O) groups excluding carboxylic acids is 1. The fraction of sp³-hybridized carbons (Fsp3) is 0.368. The molecule has 0 N–H and O–H groups in total. The van der Waals surface area contributed by atoms with Crippen LogP contribution >= 0.6 is 0 Å². The number of hydrogen-bond donors (Lipinski definition) is 0. The maximum atomic E-state index is 13.1. The summed E-state index contributed by atoms with van der Waals surface area (Å²) in [5.74, 6) is 0.849. The Morgan fingerprint density at radius 1 is 1.23 bits per heavy atom. The SMILES string of the molecule is COCc1noc([C@H]2CCCCN2C(=O)c2ccc3ccccc3n2)n1. The Hall–Kier alpha value is -2.80. The number of nitrogens with zero attached hydrogens (tertiary/aromatic N) is 4. The summed E-state index contributed by atoms with van der Waals surface area (Å²) < 4.78 is 10.4. The van der Waals surface area contributed by atoms with Gasteiger partial charge in [-0.2, -0.15) is 4.98 Å². The highest BCUT2D eigenvalue weighted by Crippen LogP contribution is 2.31. The van der Waals surface area contributed by atoms with Crippen molar-refractivity contribution in [3.63, 3.8) is 0 Å². The third kappa shape index (κ3) is 3.17. The van der Waals surface area contributed by atoms with Crippen molar-refractivity contribution in [3.8, 4) is 0 Å². The molecule has 134 valence electrons. The third-order valence-corrected chi connectivity index (χ3v) is 4.62. The normalized spacial score (nSPS) is 17.6. The molecule has 1 atom stereocenters. The van der Waals surface area contributed by atoms with Crippen LogP contribution in [0.1, 0.15) is 47.5 Å². The van der Waals surface area contributed by atoms with Crippen molar-refractivity contribution in [1.82, 2.24) is 20.0 Å². The first kappa shape index (κ1) is 16.7. The maximum absolute atomic E-state index is 13.1. The molecular formula is C19H20N4O3. The molecule has 4 rings (SSSR count). The Labute approximate surface area is 151 Å². The molecule has 0 spiro atoms. The average Bonchev–Trinajstić information content (AvgIpc) is 3.16. The fourth-order valence-electron chi connectivity index (χ4n) is 3.35. The van der Waals surface area contributed by atoms with E-state index in [2.05, 4.69) is 15.1 Å². The number of para-hydroxylation sites is 1. The predicted octanol–water partition coefficient (Wildman–Crippen LogP) is 3.13. The molecule has 1 aliphatic rings. The van der Waals surface area contributed by atoms with E-state index in [1.165, 1.54) is 0 Å². The number of likely N-dealkylation sites (tertiary alicyclic amines) is 1. The highest BCUT2D eigenvalue weighted by atomic mass is 16.5. The molecule has 7 heteroatoms. The topological polar surface area (TPSA) is 81.4 Å². The lowest BCUT2D eigenvalue weighted by atomic mass is 10.0. The van der Waals surface area contributed by atoms with Crippen LogP contribution in [-0.2, 0) is 11.3 Å². The van der Waals surface area contributed by atoms with E-state index in [0.717, 1.165) is 30.2 Å². The number of hydrogen-bond acceptors (Lipinski definition) is 6. The summed E-state index contributed by atoms with van der Waals surface area (Å²) in [5, 5.41) is 4.94. The monoisotopic (exact) mass is 352 g/mol. The molecule has 1 saturated heterocycles. The zero-order chi connectivity index (χ0) is 17.9. The van der Waals surface area contributed by atoms with E-state index < -0.39 is 0 Å². The molecule has 1 aliphatic heterocycles. The van der Waals surface area contributed by atoms with Crippen molar-refractivity contribution in [3.05, 3.63) is 53.8 Å². The molecule has 1 amide bonds. The number of amides is 1. The minimum atomic E-state index is -0.220. The predicted molar refractivity (Wildman–Crippen MR) is 94.4 cm³/mol. The molecule has 1 fully saturated rings. The Balaban J connectivity index is 1.62. The van der Waals surface area contributed by atoms with Gasteiger partial charge in [-0.05, 0) is 31.4 Å². The van der Waals surface area contributed by atoms with Crippen LogP contribution in [0.15, 0.2) is 40.9 Å². The fourth-order valence-corrected chi connectivity index (χ4v) is 3.35. The van der Waals surface area contributed by atoms with Gasteiger partial charge in [-0.25, -0.2) is 4.98 Å². The number of pyridine rings is 1. The Morgan fingerprint density at radius 3 is 3.00 bits per heavy atom. The second-order valence-corrected chi connectivity index (χ2v) is 6.38. The third-order valence-electron chi connectivity index (χ3n) is 4.62. The van der Waals surface area contributed by atoms with E-state index in [0.29, 0.717) is 24.0 Å². The number of aromatic nitrogens is 3. The van der Waals surface area contributed by atoms with Crippen molar-refractivity contribution in [2.75, 3.05) is 13.7 Å². The van der Waals surface area contributed by atoms with E-state index >= 15 is 0 Å². The number of benzene rings is 1. The Kier molecular flexibility index (Phi) is 4.62. The molecule has 7 nitrogen and oxygen atoms in total. The van der Waals surface area contributed by atoms with Crippen LogP contribution in [-0.4, -0.2) is 39.6 Å². The van der Waals surface area contributed by atoms with Crippen LogP contribution in [0.3, 0.4) is 0 Å². The number of carbonyl (C=O) groups is 1. The van der Waals surface area contributed by atoms with Crippen molar-refractivity contribution in [2.24, 2.45) is 0 Å². The maximum Gasteiger partial charge on any atom is 0.273 e. The van der Waals surface area contributed by atoms with Gasteiger partial charge in [0.15, 0.2) is 5.82 Å². The van der Waals surface area contributed by atoms with Crippen molar-refractivity contribution in [1.29, 1.82) is 0 Å². The van der Waals surface area contributed by atoms with Crippen molar-refractivity contribution in [2.45, 2.75) is 31.9 Å². The number of piperidine rings is 1. The summed E-state index contributed by atoms with van der Waals surface area (Å²) in [7, 11) is 1.58. The average molecular weight is 352 g/mol. The number of rotatable bonds is 4. The van der Waals surface area contributed by atoms with E-state index in [-0.39, 0.29) is 18.6 Å². The molecule has 0 saturated carbocycles. The molecule has 1 aromatic carbocycles. The van der Waals surface area contributed by atoms with E-state index in [4.69, 9.17) is 9.26 Å². The van der Waals surface area contributed by atoms with Crippen LogP contribution in [0, 0.1) is 0 Å². The minimum absolute atomic E-state index is 0.105. The Morgan fingerprint density at radius 2 is 2.12 bits per heavy atom. The highest BCUT2D eigenvalue weighted by molar-refractivity contribution is 5.95. The largest absolute Gasteiger partial charge is 0.377 e. The molecular weight excluding hydrogens is 332 g/mol. The number of fused-ring (bicyclic) bond motifs is 1. The zero-order valence-corrected chi connectivity index (χ0v) is 14.6. The molecule has 2 aromatic heterocycles. The lowest BCUT2D eigenvalue weighted by Crippen LogP contribution is -2.39. The van der Waals surface area contributed by atoms with E-state index in [9.17, 15) is 4.79 Å². The van der Waals surface area contributed by atoms with E-state index in [1.807, 2.05) is 30.3 Å². The summed E-state index contributed by atoms with van der Waals surface area (Å²) in [4.78, 5) is 23.8. The smallest absolute Gasteiger partial charge is 0.273 e. The summed E-state index contributed by atoms with van der Waals surface area (Å²) in [6.45, 7) is 0.941. The van der Waals surface area contributed by atoms with Gasteiger partial charge in [0.2, 0.25) is 5.89 Å². The minimum Gasteiger partial charge on any atom is -0.377 e. The lowest BCUT2D eigenvalue weighted by molar-refractivity contribution is 0.0556. The molecule has 3 aromatic rings. The van der Waals surface area contributed by atoms with Crippen LogP contribution in [0.5, 0.6) is 0 Å². The summed E-state index contributed by atoms with van der Waals surface area (Å²) >= 11 is 0. The van der Waals surface area contributed by atoms with Gasteiger partial charge in [-0.1, -0.05) is 29.4 Å². The van der Waals surface area contributed by atoms with Crippen molar-refractivity contribution < 1.29 is 14.1 Å². The molecule has 0 aliphatic carbocycles. The van der Waals surface area contributed by atoms with Gasteiger partial charge < -0.3 is 14.2 Å². The second kappa shape index (κ2) is 7.21. The summed E-state index contributed by atoms with van der Waals surface area (Å²) in [6.07, 6.45) is 2.77. The van der Waals surface area contributed by atoms with Gasteiger partial charge in [0.1, 0.15) is 18.3 Å². The first-order valence-corrected chi connectivity index (χ1v) is 8.74. The molecule has 0 unspecified atom stereocenters. The summed E-state index contributed by atoms with van der Waals surface area (Å²) in [5.41, 5.74) is 1.25. The van der Waals surface area contributed by atoms with Gasteiger partial charge in [-0.15, -0.1) is 0 Å². The van der Waals surface area contributed by atoms with Crippen molar-refractivity contribution >= 4 is 16.8 Å². The van der Waals surface area contributed by atoms with Crippen LogP contribution in [0.4, 0.5) is 0 Å². The van der Waals surface area contributed by atoms with Crippen LogP contribution < -0.4 is 0 Å². The molecule has 0 radical (unpaired) electrons. The lowest BCUT2D eigenvalue weighted by Gasteiger charge is -2.33. The van der Waals surface area contributed by atoms with Crippen LogP contribution in [0.25, 0.3) is 10.9 Å².